The summed E-state index contributed by atoms with van der Waals surface area (Å²) < 4.78 is 10.6. The Balaban J connectivity index is 2.83. The van der Waals surface area contributed by atoms with Crippen molar-refractivity contribution in [2.45, 2.75) is 18.9 Å². The molecule has 0 radical (unpaired) electrons. The Hall–Kier alpha value is -0.860. The molecule has 4 N–H and O–H groups in total. The maximum atomic E-state index is 10.6. The molecular weight excluding hydrogens is 227 g/mol. The number of allylic oxidation sites excluding steroid dienone is 1. The predicted octanol–water partition coefficient (Wildman–Crippen LogP) is 0.575. The van der Waals surface area contributed by atoms with E-state index in [0.29, 0.717) is 5.57 Å². The molecule has 1 rings (SSSR count). The van der Waals surface area contributed by atoms with Crippen molar-refractivity contribution >= 4 is 13.9 Å². The number of nitrogens with one attached hydrogen (secondary N) is 1. The van der Waals surface area contributed by atoms with E-state index in [1.807, 2.05) is 0 Å². The molecule has 5 nitrogen and oxygen atoms in total. The Bertz CT molecular complexity index is 382. The van der Waals surface area contributed by atoms with Crippen LogP contribution in [0.4, 0.5) is 0 Å². The van der Waals surface area contributed by atoms with Crippen LogP contribution in [0.2, 0.25) is 0 Å². The van der Waals surface area contributed by atoms with Crippen molar-refractivity contribution in [1.82, 2.24) is 5.32 Å². The van der Waals surface area contributed by atoms with E-state index in [2.05, 4.69) is 10.9 Å². The van der Waals surface area contributed by atoms with Gasteiger partial charge in [0.1, 0.15) is 0 Å². The van der Waals surface area contributed by atoms with E-state index in [1.54, 1.807) is 0 Å². The first-order valence-corrected chi connectivity index (χ1v) is 5.95. The normalized spacial score (nSPS) is 19.9. The second kappa shape index (κ2) is 6.66. The molecule has 0 aromatic heterocycles. The molecule has 16 heavy (non-hydrogen) atoms. The van der Waals surface area contributed by atoms with Gasteiger partial charge < -0.3 is 0 Å². The van der Waals surface area contributed by atoms with Gasteiger partial charge in [-0.1, -0.05) is 0 Å². The fourth-order valence-corrected chi connectivity index (χ4v) is 2.08. The Labute approximate surface area is 95.2 Å². The molecule has 1 aliphatic heterocycles. The number of rotatable bonds is 3. The van der Waals surface area contributed by atoms with Gasteiger partial charge >= 0.3 is 94.6 Å². The van der Waals surface area contributed by atoms with Crippen LogP contribution in [0.15, 0.2) is 11.6 Å². The molecule has 0 saturated carbocycles. The molecule has 88 valence electrons. The fourth-order valence-electron chi connectivity index (χ4n) is 1.72. The van der Waals surface area contributed by atoms with Gasteiger partial charge in [-0.15, -0.1) is 0 Å². The Morgan fingerprint density at radius 2 is 2.19 bits per heavy atom. The average Bonchev–Trinajstić information content (AvgIpc) is 2.29. The molecule has 0 aromatic carbocycles. The summed E-state index contributed by atoms with van der Waals surface area (Å²) in [7, 11) is -0.231. The minimum absolute atomic E-state index is 0.202. The summed E-state index contributed by atoms with van der Waals surface area (Å²) in [6.45, 7) is 1.75. The molecule has 1 atom stereocenters. The number of aliphatic carboxylic acids is 1. The van der Waals surface area contributed by atoms with Gasteiger partial charge in [-0.2, -0.15) is 0 Å². The molecular formula is C10H15N2O3P. The number of hydrogen-bond donors (Lipinski definition) is 3. The molecule has 0 bridgehead atoms. The molecule has 6 heteroatoms. The topological polar surface area (TPSA) is 92.4 Å². The van der Waals surface area contributed by atoms with Crippen LogP contribution in [-0.4, -0.2) is 30.2 Å². The van der Waals surface area contributed by atoms with Gasteiger partial charge in [0, 0.05) is 0 Å². The van der Waals surface area contributed by atoms with Crippen molar-refractivity contribution in [2.75, 3.05) is 13.1 Å². The van der Waals surface area contributed by atoms with Crippen LogP contribution in [0.5, 0.6) is 0 Å². The van der Waals surface area contributed by atoms with Gasteiger partial charge in [0.2, 0.25) is 0 Å². The molecule has 0 aromatic rings. The van der Waals surface area contributed by atoms with E-state index in [-0.39, 0.29) is 13.8 Å². The van der Waals surface area contributed by atoms with E-state index in [0.717, 1.165) is 25.9 Å². The summed E-state index contributed by atoms with van der Waals surface area (Å²) in [5, 5.41) is 11.9. The monoisotopic (exact) mass is 242 g/mol. The Morgan fingerprint density at radius 3 is 2.69 bits per heavy atom. The summed E-state index contributed by atoms with van der Waals surface area (Å²) in [6, 6.07) is -1.06. The third-order valence-corrected chi connectivity index (χ3v) is 2.95. The molecule has 1 unspecified atom stereocenters. The van der Waals surface area contributed by atoms with Crippen LogP contribution in [0, 0.1) is 11.5 Å². The number of hydrogen-bond acceptors (Lipinski definition) is 4. The fraction of sp³-hybridized carbons (Fsp3) is 0.600. The van der Waals surface area contributed by atoms with E-state index >= 15 is 0 Å². The number of carbonyl (C=O) groups is 1. The quantitative estimate of drug-likeness (QED) is 0.629. The van der Waals surface area contributed by atoms with Crippen LogP contribution in [0.25, 0.3) is 0 Å². The summed E-state index contributed by atoms with van der Waals surface area (Å²) >= 11 is 0. The Morgan fingerprint density at radius 1 is 1.56 bits per heavy atom. The molecule has 1 fully saturated rings. The summed E-state index contributed by atoms with van der Waals surface area (Å²) in [4.78, 5) is 10.6. The van der Waals surface area contributed by atoms with Gasteiger partial charge in [0.25, 0.3) is 0 Å². The van der Waals surface area contributed by atoms with E-state index in [1.165, 1.54) is 6.08 Å². The van der Waals surface area contributed by atoms with Gasteiger partial charge in [0.15, 0.2) is 0 Å². The molecule has 0 amide bonds. The molecule has 0 aliphatic carbocycles. The van der Waals surface area contributed by atoms with Gasteiger partial charge in [-0.25, -0.2) is 0 Å². The van der Waals surface area contributed by atoms with Crippen molar-refractivity contribution in [3.8, 4) is 5.63 Å². The van der Waals surface area contributed by atoms with Gasteiger partial charge in [-0.3, -0.25) is 0 Å². The van der Waals surface area contributed by atoms with Gasteiger partial charge in [0.05, 0.1) is 0 Å². The zero-order valence-corrected chi connectivity index (χ0v) is 9.74. The maximum absolute atomic E-state index is 10.6. The van der Waals surface area contributed by atoms with Gasteiger partial charge in [-0.05, 0) is 0 Å². The van der Waals surface area contributed by atoms with Crippen molar-refractivity contribution in [1.29, 1.82) is 0 Å². The van der Waals surface area contributed by atoms with E-state index in [4.69, 9.17) is 10.8 Å². The zero-order valence-electron chi connectivity index (χ0n) is 8.85. The van der Waals surface area contributed by atoms with Crippen molar-refractivity contribution < 1.29 is 14.5 Å². The van der Waals surface area contributed by atoms with Crippen LogP contribution < -0.4 is 11.1 Å². The van der Waals surface area contributed by atoms with Crippen molar-refractivity contribution in [3.63, 3.8) is 0 Å². The second-order valence-electron chi connectivity index (χ2n) is 3.71. The van der Waals surface area contributed by atoms with Crippen LogP contribution in [0.3, 0.4) is 0 Å². The number of carboxylic acids is 1. The molecule has 0 spiro atoms. The third kappa shape index (κ3) is 3.95. The third-order valence-electron chi connectivity index (χ3n) is 2.60. The first kappa shape index (κ1) is 13.2. The number of nitrogens with two attached hydrogens (primary N) is 1. The zero-order chi connectivity index (χ0) is 12.0. The second-order valence-corrected chi connectivity index (χ2v) is 4.12. The number of piperidine rings is 1. The number of carboxylic acid groups (broad SMARTS) is 1. The SMILES string of the molecule is NC(C=C(C#P=O)C1CCNCC1)C(=O)O. The first-order valence-electron chi connectivity index (χ1n) is 5.14. The van der Waals surface area contributed by atoms with Crippen molar-refractivity contribution in [2.24, 2.45) is 11.7 Å². The van der Waals surface area contributed by atoms with Crippen LogP contribution in [0.1, 0.15) is 12.8 Å². The minimum atomic E-state index is -1.09. The first-order chi connectivity index (χ1) is 7.65. The van der Waals surface area contributed by atoms with Crippen LogP contribution >= 0.6 is 7.92 Å². The molecule has 1 heterocycles. The summed E-state index contributed by atoms with van der Waals surface area (Å²) in [6.07, 6.45) is 3.21. The average molecular weight is 242 g/mol. The molecule has 1 saturated heterocycles. The predicted molar refractivity (Wildman–Crippen MR) is 60.8 cm³/mol. The molecule has 1 aliphatic rings. The van der Waals surface area contributed by atoms with Crippen molar-refractivity contribution in [3.05, 3.63) is 11.6 Å². The standard InChI is InChI=1S/C10H15N2O3P/c11-9(10(13)14)5-8(6-16-15)7-1-3-12-4-2-7/h5,7,9,12H,1-4,11H2,(H,13,14). The van der Waals surface area contributed by atoms with E-state index < -0.39 is 12.0 Å². The summed E-state index contributed by atoms with van der Waals surface area (Å²) in [5.41, 5.74) is 8.72. The van der Waals surface area contributed by atoms with E-state index in [9.17, 15) is 9.36 Å². The summed E-state index contributed by atoms with van der Waals surface area (Å²) in [5.74, 6) is -0.885. The Kier molecular flexibility index (Phi) is 5.50. The van der Waals surface area contributed by atoms with Crippen LogP contribution in [-0.2, 0) is 9.36 Å².